The highest BCUT2D eigenvalue weighted by atomic mass is 19.4. The van der Waals surface area contributed by atoms with E-state index in [0.717, 1.165) is 0 Å². The summed E-state index contributed by atoms with van der Waals surface area (Å²) in [6.07, 6.45) is -5.55. The summed E-state index contributed by atoms with van der Waals surface area (Å²) in [4.78, 5) is 49.6. The molecule has 0 heterocycles. The Balaban J connectivity index is 2.99. The Hall–Kier alpha value is -3.15. The lowest BCUT2D eigenvalue weighted by atomic mass is 9.99. The molecule has 0 bridgehead atoms. The molecule has 0 spiro atoms. The molecule has 0 fully saturated rings. The van der Waals surface area contributed by atoms with Crippen LogP contribution in [0.15, 0.2) is 30.3 Å². The summed E-state index contributed by atoms with van der Waals surface area (Å²) in [5, 5.41) is 6.31. The van der Waals surface area contributed by atoms with E-state index in [1.165, 1.54) is 12.4 Å². The Bertz CT molecular complexity index is 818. The molecule has 0 radical (unpaired) electrons. The number of methoxy groups -OCH3 is 1. The van der Waals surface area contributed by atoms with Crippen LogP contribution in [0, 0.1) is 5.92 Å². The quantitative estimate of drug-likeness (QED) is 0.287. The van der Waals surface area contributed by atoms with E-state index in [-0.39, 0.29) is 32.0 Å². The molecular weight excluding hydrogens is 459 g/mol. The monoisotopic (exact) mass is 489 g/mol. The van der Waals surface area contributed by atoms with Gasteiger partial charge in [-0.05, 0) is 17.9 Å². The molecule has 0 aliphatic rings. The van der Waals surface area contributed by atoms with Crippen molar-refractivity contribution < 1.29 is 41.8 Å². The molecule has 34 heavy (non-hydrogen) atoms. The number of alkyl halides is 3. The van der Waals surface area contributed by atoms with Gasteiger partial charge in [0.1, 0.15) is 25.2 Å². The van der Waals surface area contributed by atoms with Crippen molar-refractivity contribution in [3.05, 3.63) is 35.9 Å². The maximum Gasteiger partial charge on any atom is 0.407 e. The van der Waals surface area contributed by atoms with E-state index in [1.54, 1.807) is 44.2 Å². The molecule has 1 aromatic carbocycles. The molecule has 2 atom stereocenters. The number of ketones is 1. The van der Waals surface area contributed by atoms with Crippen LogP contribution in [0.2, 0.25) is 0 Å². The smallest absolute Gasteiger partial charge is 0.407 e. The van der Waals surface area contributed by atoms with Gasteiger partial charge in [0, 0.05) is 13.5 Å². The summed E-state index contributed by atoms with van der Waals surface area (Å²) in [5.74, 6) is -3.55. The van der Waals surface area contributed by atoms with Gasteiger partial charge in [-0.1, -0.05) is 44.2 Å². The van der Waals surface area contributed by atoms with Gasteiger partial charge in [-0.15, -0.1) is 0 Å². The Morgan fingerprint density at radius 1 is 0.971 bits per heavy atom. The van der Waals surface area contributed by atoms with Crippen LogP contribution < -0.4 is 16.0 Å². The highest BCUT2D eigenvalue weighted by molar-refractivity contribution is 6.38. The van der Waals surface area contributed by atoms with Crippen LogP contribution in [-0.4, -0.2) is 68.8 Å². The third-order valence-electron chi connectivity index (χ3n) is 4.43. The Kier molecular flexibility index (Phi) is 12.1. The fourth-order valence-electron chi connectivity index (χ4n) is 2.86. The number of rotatable bonds is 13. The molecule has 0 aliphatic carbocycles. The Morgan fingerprint density at radius 3 is 2.18 bits per heavy atom. The fourth-order valence-corrected chi connectivity index (χ4v) is 2.86. The molecule has 0 saturated heterocycles. The minimum Gasteiger partial charge on any atom is -0.447 e. The third-order valence-corrected chi connectivity index (χ3v) is 4.43. The lowest BCUT2D eigenvalue weighted by Crippen LogP contribution is -2.55. The van der Waals surface area contributed by atoms with Crippen LogP contribution in [0.4, 0.5) is 18.0 Å². The van der Waals surface area contributed by atoms with E-state index >= 15 is 0 Å². The average Bonchev–Trinajstić information content (AvgIpc) is 2.76. The number of hydrogen-bond donors (Lipinski definition) is 3. The number of benzene rings is 1. The van der Waals surface area contributed by atoms with Crippen LogP contribution in [-0.2, 0) is 30.3 Å². The van der Waals surface area contributed by atoms with E-state index in [0.29, 0.717) is 5.56 Å². The lowest BCUT2D eigenvalue weighted by Gasteiger charge is -2.23. The van der Waals surface area contributed by atoms with E-state index in [9.17, 15) is 32.3 Å². The van der Waals surface area contributed by atoms with Crippen molar-refractivity contribution in [3.8, 4) is 0 Å². The zero-order valence-electron chi connectivity index (χ0n) is 19.2. The van der Waals surface area contributed by atoms with E-state index < -0.39 is 48.5 Å². The van der Waals surface area contributed by atoms with Crippen LogP contribution in [0.1, 0.15) is 25.8 Å². The van der Waals surface area contributed by atoms with Crippen molar-refractivity contribution in [2.75, 3.05) is 26.9 Å². The Labute approximate surface area is 195 Å². The van der Waals surface area contributed by atoms with Crippen molar-refractivity contribution in [2.24, 2.45) is 5.92 Å². The van der Waals surface area contributed by atoms with Crippen LogP contribution in [0.25, 0.3) is 0 Å². The van der Waals surface area contributed by atoms with Gasteiger partial charge in [-0.2, -0.15) is 13.2 Å². The molecule has 9 nitrogen and oxygen atoms in total. The van der Waals surface area contributed by atoms with E-state index in [1.807, 2.05) is 0 Å². The summed E-state index contributed by atoms with van der Waals surface area (Å²) >= 11 is 0. The van der Waals surface area contributed by atoms with Gasteiger partial charge in [-0.25, -0.2) is 4.79 Å². The Morgan fingerprint density at radius 2 is 1.62 bits per heavy atom. The number of Topliss-reactive ketones (excluding diaryl/α,β-unsaturated/α-hetero) is 1. The first-order valence-corrected chi connectivity index (χ1v) is 10.6. The van der Waals surface area contributed by atoms with Crippen LogP contribution in [0.5, 0.6) is 0 Å². The number of halogens is 3. The number of nitrogens with one attached hydrogen (secondary N) is 3. The minimum absolute atomic E-state index is 0.0478. The summed E-state index contributed by atoms with van der Waals surface area (Å²) in [6, 6.07) is 5.76. The molecular formula is C22H30F3N3O6. The molecule has 0 saturated carbocycles. The highest BCUT2D eigenvalue weighted by Gasteiger charge is 2.33. The first kappa shape index (κ1) is 28.9. The number of ether oxygens (including phenoxy) is 2. The molecule has 12 heteroatoms. The number of carbonyl (C=O) groups excluding carboxylic acids is 4. The van der Waals surface area contributed by atoms with Crippen LogP contribution >= 0.6 is 0 Å². The second-order valence-corrected chi connectivity index (χ2v) is 7.87. The van der Waals surface area contributed by atoms with Gasteiger partial charge in [-0.3, -0.25) is 14.4 Å². The van der Waals surface area contributed by atoms with E-state index in [4.69, 9.17) is 9.47 Å². The number of amides is 3. The third kappa shape index (κ3) is 11.6. The molecule has 0 aromatic heterocycles. The number of hydrogen-bond acceptors (Lipinski definition) is 6. The SMILES string of the molecule is COCCOC(=O)N[C@@H](CC(C)C)C(=O)N[C@@H](Cc1ccccc1)C(=O)C(=O)NCC(F)(F)F. The minimum atomic E-state index is -4.70. The van der Waals surface area contributed by atoms with Crippen LogP contribution in [0.3, 0.4) is 0 Å². The predicted octanol–water partition coefficient (Wildman–Crippen LogP) is 1.75. The highest BCUT2D eigenvalue weighted by Crippen LogP contribution is 2.13. The second kappa shape index (κ2) is 14.2. The average molecular weight is 489 g/mol. The molecule has 1 aromatic rings. The first-order valence-electron chi connectivity index (χ1n) is 10.6. The number of carbonyl (C=O) groups is 4. The van der Waals surface area contributed by atoms with Crippen molar-refractivity contribution in [1.82, 2.24) is 16.0 Å². The van der Waals surface area contributed by atoms with Crippen molar-refractivity contribution >= 4 is 23.7 Å². The summed E-state index contributed by atoms with van der Waals surface area (Å²) < 4.78 is 47.0. The van der Waals surface area contributed by atoms with Crippen molar-refractivity contribution in [3.63, 3.8) is 0 Å². The first-order chi connectivity index (χ1) is 15.9. The van der Waals surface area contributed by atoms with Gasteiger partial charge in [0.2, 0.25) is 11.7 Å². The zero-order valence-corrected chi connectivity index (χ0v) is 19.2. The molecule has 0 unspecified atom stereocenters. The predicted molar refractivity (Wildman–Crippen MR) is 116 cm³/mol. The van der Waals surface area contributed by atoms with Crippen molar-refractivity contribution in [1.29, 1.82) is 0 Å². The zero-order chi connectivity index (χ0) is 25.7. The van der Waals surface area contributed by atoms with Gasteiger partial charge in [0.15, 0.2) is 0 Å². The largest absolute Gasteiger partial charge is 0.447 e. The van der Waals surface area contributed by atoms with Crippen molar-refractivity contribution in [2.45, 2.75) is 44.9 Å². The fraction of sp³-hybridized carbons (Fsp3) is 0.545. The normalized spacial score (nSPS) is 13.0. The molecule has 190 valence electrons. The maximum absolute atomic E-state index is 12.9. The number of alkyl carbamates (subject to hydrolysis) is 1. The molecule has 3 amide bonds. The van der Waals surface area contributed by atoms with Gasteiger partial charge < -0.3 is 25.4 Å². The lowest BCUT2D eigenvalue weighted by molar-refractivity contribution is -0.146. The van der Waals surface area contributed by atoms with E-state index in [2.05, 4.69) is 10.6 Å². The standard InChI is InChI=1S/C22H30F3N3O6/c1-14(2)11-17(28-21(32)34-10-9-33-3)19(30)27-16(12-15-7-5-4-6-8-15)18(29)20(31)26-13-22(23,24)25/h4-8,14,16-17H,9-13H2,1-3H3,(H,26,31)(H,27,30)(H,28,32)/t16-,17-/m0/s1. The summed E-state index contributed by atoms with van der Waals surface area (Å²) in [5.41, 5.74) is 0.567. The van der Waals surface area contributed by atoms with Gasteiger partial charge in [0.25, 0.3) is 5.91 Å². The molecule has 3 N–H and O–H groups in total. The molecule has 0 aliphatic heterocycles. The summed E-state index contributed by atoms with van der Waals surface area (Å²) in [7, 11) is 1.42. The van der Waals surface area contributed by atoms with Gasteiger partial charge in [0.05, 0.1) is 6.61 Å². The summed E-state index contributed by atoms with van der Waals surface area (Å²) in [6.45, 7) is 2.02. The second-order valence-electron chi connectivity index (χ2n) is 7.87. The topological polar surface area (TPSA) is 123 Å². The molecule has 1 rings (SSSR count). The van der Waals surface area contributed by atoms with Gasteiger partial charge >= 0.3 is 12.3 Å². The maximum atomic E-state index is 12.9.